The Morgan fingerprint density at radius 2 is 2.25 bits per heavy atom. The maximum atomic E-state index is 5.94. The molecule has 0 bridgehead atoms. The molecule has 0 spiro atoms. The van der Waals surface area contributed by atoms with Crippen LogP contribution in [0.4, 0.5) is 0 Å². The molecule has 5 nitrogen and oxygen atoms in total. The Hall–Kier alpha value is -0.910. The Balaban J connectivity index is 2.05. The lowest BCUT2D eigenvalue weighted by Gasteiger charge is -2.38. The van der Waals surface area contributed by atoms with Crippen LogP contribution in [0.2, 0.25) is 0 Å². The molecule has 114 valence electrons. The summed E-state index contributed by atoms with van der Waals surface area (Å²) < 4.78 is 7.53. The van der Waals surface area contributed by atoms with Gasteiger partial charge in [0, 0.05) is 50.6 Å². The summed E-state index contributed by atoms with van der Waals surface area (Å²) in [7, 11) is 1.80. The first kappa shape index (κ1) is 15.5. The van der Waals surface area contributed by atoms with E-state index < -0.39 is 0 Å². The minimum atomic E-state index is 0.360. The van der Waals surface area contributed by atoms with Crippen molar-refractivity contribution in [3.05, 3.63) is 17.5 Å². The fourth-order valence-electron chi connectivity index (χ4n) is 2.89. The second-order valence-electron chi connectivity index (χ2n) is 6.06. The minimum absolute atomic E-state index is 0.360. The van der Waals surface area contributed by atoms with Gasteiger partial charge < -0.3 is 10.5 Å². The molecule has 0 saturated carbocycles. The number of likely N-dealkylation sites (tertiary alicyclic amines) is 1. The van der Waals surface area contributed by atoms with Crippen LogP contribution in [0, 0.1) is 6.92 Å². The van der Waals surface area contributed by atoms with E-state index >= 15 is 0 Å². The molecular formula is C15H28N4O. The molecule has 0 aromatic carbocycles. The highest BCUT2D eigenvalue weighted by molar-refractivity contribution is 5.16. The van der Waals surface area contributed by atoms with Gasteiger partial charge in [0.1, 0.15) is 0 Å². The van der Waals surface area contributed by atoms with Crippen LogP contribution in [-0.4, -0.2) is 47.0 Å². The van der Waals surface area contributed by atoms with Crippen molar-refractivity contribution in [3.63, 3.8) is 0 Å². The molecule has 2 heterocycles. The number of hydrogen-bond donors (Lipinski definition) is 1. The van der Waals surface area contributed by atoms with E-state index in [1.54, 1.807) is 7.11 Å². The van der Waals surface area contributed by atoms with Gasteiger partial charge in [0.2, 0.25) is 0 Å². The van der Waals surface area contributed by atoms with Gasteiger partial charge in [-0.25, -0.2) is 0 Å². The molecule has 1 aromatic rings. The van der Waals surface area contributed by atoms with Crippen molar-refractivity contribution in [2.75, 3.05) is 20.2 Å². The molecule has 0 radical (unpaired) electrons. The predicted octanol–water partition coefficient (Wildman–Crippen LogP) is 1.71. The minimum Gasteiger partial charge on any atom is -0.381 e. The first-order valence-electron chi connectivity index (χ1n) is 7.56. The van der Waals surface area contributed by atoms with E-state index in [-0.39, 0.29) is 0 Å². The van der Waals surface area contributed by atoms with Crippen molar-refractivity contribution in [2.24, 2.45) is 5.73 Å². The van der Waals surface area contributed by atoms with Crippen LogP contribution in [-0.2, 0) is 11.3 Å². The molecule has 1 aliphatic rings. The van der Waals surface area contributed by atoms with Gasteiger partial charge >= 0.3 is 0 Å². The van der Waals surface area contributed by atoms with E-state index in [9.17, 15) is 0 Å². The average Bonchev–Trinajstić information content (AvgIpc) is 2.81. The van der Waals surface area contributed by atoms with Gasteiger partial charge in [-0.15, -0.1) is 0 Å². The average molecular weight is 280 g/mol. The summed E-state index contributed by atoms with van der Waals surface area (Å²) in [6.07, 6.45) is 4.66. The lowest BCUT2D eigenvalue weighted by molar-refractivity contribution is 0.0101. The molecular weight excluding hydrogens is 252 g/mol. The Morgan fingerprint density at radius 3 is 2.80 bits per heavy atom. The number of ether oxygens (including phenoxy) is 1. The van der Waals surface area contributed by atoms with Crippen molar-refractivity contribution in [3.8, 4) is 0 Å². The van der Waals surface area contributed by atoms with Crippen LogP contribution >= 0.6 is 0 Å². The second kappa shape index (κ2) is 6.70. The Bertz CT molecular complexity index is 430. The Morgan fingerprint density at radius 1 is 1.50 bits per heavy atom. The third-order valence-electron chi connectivity index (χ3n) is 4.32. The maximum absolute atomic E-state index is 5.94. The summed E-state index contributed by atoms with van der Waals surface area (Å²) in [5, 5.41) is 4.59. The van der Waals surface area contributed by atoms with Crippen LogP contribution in [0.5, 0.6) is 0 Å². The number of piperidine rings is 1. The zero-order chi connectivity index (χ0) is 14.7. The molecule has 5 heteroatoms. The van der Waals surface area contributed by atoms with Crippen LogP contribution in [0.1, 0.15) is 44.0 Å². The number of rotatable bonds is 5. The van der Waals surface area contributed by atoms with Gasteiger partial charge in [0.05, 0.1) is 11.8 Å². The fraction of sp³-hybridized carbons (Fsp3) is 0.800. The zero-order valence-corrected chi connectivity index (χ0v) is 13.2. The molecule has 0 aliphatic carbocycles. The summed E-state index contributed by atoms with van der Waals surface area (Å²) in [6.45, 7) is 9.08. The largest absolute Gasteiger partial charge is 0.381 e. The predicted molar refractivity (Wildman–Crippen MR) is 80.6 cm³/mol. The number of nitrogens with two attached hydrogens (primary N) is 1. The maximum Gasteiger partial charge on any atom is 0.0638 e. The summed E-state index contributed by atoms with van der Waals surface area (Å²) in [5.74, 6) is 0. The van der Waals surface area contributed by atoms with Gasteiger partial charge in [-0.1, -0.05) is 0 Å². The van der Waals surface area contributed by atoms with E-state index in [1.165, 1.54) is 5.56 Å². The molecule has 1 aromatic heterocycles. The molecule has 2 atom stereocenters. The summed E-state index contributed by atoms with van der Waals surface area (Å²) in [4.78, 5) is 2.48. The molecule has 2 rings (SSSR count). The fourth-order valence-corrected chi connectivity index (χ4v) is 2.89. The quantitative estimate of drug-likeness (QED) is 0.892. The molecule has 2 N–H and O–H groups in total. The SMILES string of the molecule is COC1CCN(Cc2cn(C(C)C)nc2C)C(CN)C1. The van der Waals surface area contributed by atoms with E-state index in [4.69, 9.17) is 10.5 Å². The molecule has 1 fully saturated rings. The molecule has 1 aliphatic heterocycles. The standard InChI is InChI=1S/C15H28N4O/c1-11(2)19-10-13(12(3)17-19)9-18-6-5-15(20-4)7-14(18)8-16/h10-11,14-15H,5-9,16H2,1-4H3. The highest BCUT2D eigenvalue weighted by Crippen LogP contribution is 2.22. The zero-order valence-electron chi connectivity index (χ0n) is 13.2. The Labute approximate surface area is 122 Å². The Kier molecular flexibility index (Phi) is 5.18. The molecule has 0 amide bonds. The van der Waals surface area contributed by atoms with Gasteiger partial charge in [-0.05, 0) is 33.6 Å². The van der Waals surface area contributed by atoms with E-state index in [1.807, 2.05) is 4.68 Å². The van der Waals surface area contributed by atoms with Crippen LogP contribution < -0.4 is 5.73 Å². The lowest BCUT2D eigenvalue weighted by atomic mass is 9.98. The topological polar surface area (TPSA) is 56.3 Å². The molecule has 2 unspecified atom stereocenters. The first-order chi connectivity index (χ1) is 9.55. The number of hydrogen-bond acceptors (Lipinski definition) is 4. The van der Waals surface area contributed by atoms with E-state index in [2.05, 4.69) is 37.0 Å². The number of aryl methyl sites for hydroxylation is 1. The van der Waals surface area contributed by atoms with Crippen molar-refractivity contribution in [2.45, 2.75) is 58.3 Å². The second-order valence-corrected chi connectivity index (χ2v) is 6.06. The van der Waals surface area contributed by atoms with E-state index in [0.29, 0.717) is 24.7 Å². The first-order valence-corrected chi connectivity index (χ1v) is 7.56. The normalized spacial score (nSPS) is 24.5. The van der Waals surface area contributed by atoms with Gasteiger partial charge in [-0.3, -0.25) is 9.58 Å². The summed E-state index contributed by atoms with van der Waals surface area (Å²) in [5.41, 5.74) is 8.38. The highest BCUT2D eigenvalue weighted by Gasteiger charge is 2.28. The van der Waals surface area contributed by atoms with Crippen LogP contribution in [0.15, 0.2) is 6.20 Å². The number of methoxy groups -OCH3 is 1. The smallest absolute Gasteiger partial charge is 0.0638 e. The highest BCUT2D eigenvalue weighted by atomic mass is 16.5. The molecule has 1 saturated heterocycles. The van der Waals surface area contributed by atoms with Gasteiger partial charge in [0.15, 0.2) is 0 Å². The summed E-state index contributed by atoms with van der Waals surface area (Å²) in [6, 6.07) is 0.822. The van der Waals surface area contributed by atoms with Crippen LogP contribution in [0.3, 0.4) is 0 Å². The third-order valence-corrected chi connectivity index (χ3v) is 4.32. The monoisotopic (exact) mass is 280 g/mol. The van der Waals surface area contributed by atoms with Crippen LogP contribution in [0.25, 0.3) is 0 Å². The van der Waals surface area contributed by atoms with Crippen molar-refractivity contribution < 1.29 is 4.74 Å². The van der Waals surface area contributed by atoms with Gasteiger partial charge in [0.25, 0.3) is 0 Å². The number of aromatic nitrogens is 2. The third kappa shape index (κ3) is 3.40. The molecule has 20 heavy (non-hydrogen) atoms. The van der Waals surface area contributed by atoms with Crippen molar-refractivity contribution >= 4 is 0 Å². The van der Waals surface area contributed by atoms with Crippen molar-refractivity contribution in [1.82, 2.24) is 14.7 Å². The number of nitrogens with zero attached hydrogens (tertiary/aromatic N) is 3. The summed E-state index contributed by atoms with van der Waals surface area (Å²) >= 11 is 0. The van der Waals surface area contributed by atoms with E-state index in [0.717, 1.165) is 31.6 Å². The van der Waals surface area contributed by atoms with Gasteiger partial charge in [-0.2, -0.15) is 5.10 Å². The van der Waals surface area contributed by atoms with Crippen molar-refractivity contribution in [1.29, 1.82) is 0 Å². The lowest BCUT2D eigenvalue weighted by Crippen LogP contribution is -2.48.